The lowest BCUT2D eigenvalue weighted by molar-refractivity contribution is 0.600. The second-order valence-corrected chi connectivity index (χ2v) is 4.94. The summed E-state index contributed by atoms with van der Waals surface area (Å²) in [5, 5.41) is 2.51. The molecule has 1 unspecified atom stereocenters. The van der Waals surface area contributed by atoms with E-state index in [2.05, 4.69) is 48.3 Å². The summed E-state index contributed by atoms with van der Waals surface area (Å²) in [4.78, 5) is 4.38. The van der Waals surface area contributed by atoms with Crippen molar-refractivity contribution in [1.82, 2.24) is 4.98 Å². The van der Waals surface area contributed by atoms with Crippen molar-refractivity contribution in [2.45, 2.75) is 19.3 Å². The van der Waals surface area contributed by atoms with Gasteiger partial charge in [-0.1, -0.05) is 43.3 Å². The van der Waals surface area contributed by atoms with E-state index in [1.165, 1.54) is 21.9 Å². The molecule has 1 aromatic heterocycles. The monoisotopic (exact) mass is 235 g/mol. The molecule has 4 rings (SSSR count). The highest BCUT2D eigenvalue weighted by atomic mass is 16.3. The van der Waals surface area contributed by atoms with E-state index < -0.39 is 0 Å². The fraction of sp³-hybridized carbons (Fsp3) is 0.188. The molecule has 0 radical (unpaired) electrons. The Morgan fingerprint density at radius 2 is 2.06 bits per heavy atom. The van der Waals surface area contributed by atoms with Crippen molar-refractivity contribution in [3.05, 3.63) is 47.9 Å². The minimum Gasteiger partial charge on any atom is -0.443 e. The van der Waals surface area contributed by atoms with Gasteiger partial charge < -0.3 is 4.42 Å². The van der Waals surface area contributed by atoms with Crippen molar-refractivity contribution in [2.75, 3.05) is 0 Å². The molecule has 0 saturated heterocycles. The first kappa shape index (κ1) is 9.89. The molecule has 0 bridgehead atoms. The zero-order valence-corrected chi connectivity index (χ0v) is 10.2. The summed E-state index contributed by atoms with van der Waals surface area (Å²) in [6.45, 7) is 2.27. The van der Waals surface area contributed by atoms with Gasteiger partial charge in [-0.15, -0.1) is 0 Å². The molecule has 2 nitrogen and oxygen atoms in total. The maximum absolute atomic E-state index is 5.61. The molecule has 1 heterocycles. The second kappa shape index (κ2) is 3.45. The van der Waals surface area contributed by atoms with Gasteiger partial charge in [-0.05, 0) is 23.3 Å². The third-order valence-corrected chi connectivity index (χ3v) is 3.84. The van der Waals surface area contributed by atoms with Crippen molar-refractivity contribution in [1.29, 1.82) is 0 Å². The molecule has 2 aromatic carbocycles. The highest BCUT2D eigenvalue weighted by molar-refractivity contribution is 6.09. The first-order valence-electron chi connectivity index (χ1n) is 6.30. The summed E-state index contributed by atoms with van der Waals surface area (Å²) in [7, 11) is 0. The van der Waals surface area contributed by atoms with E-state index in [9.17, 15) is 0 Å². The third-order valence-electron chi connectivity index (χ3n) is 3.84. The topological polar surface area (TPSA) is 26.0 Å². The van der Waals surface area contributed by atoms with Crippen LogP contribution in [0, 0.1) is 0 Å². The van der Waals surface area contributed by atoms with Gasteiger partial charge in [-0.2, -0.15) is 0 Å². The van der Waals surface area contributed by atoms with E-state index in [1.807, 2.05) is 0 Å². The third kappa shape index (κ3) is 1.15. The molecule has 18 heavy (non-hydrogen) atoms. The molecule has 0 saturated carbocycles. The molecule has 2 heteroatoms. The number of allylic oxidation sites excluding steroid dienone is 1. The number of aromatic nitrogens is 1. The number of benzene rings is 2. The minimum absolute atomic E-state index is 0.532. The zero-order chi connectivity index (χ0) is 12.1. The molecule has 1 aliphatic rings. The smallest absolute Gasteiger partial charge is 0.182 e. The van der Waals surface area contributed by atoms with Crippen LogP contribution in [0.15, 0.2) is 41.2 Å². The van der Waals surface area contributed by atoms with Gasteiger partial charge in [0.2, 0.25) is 0 Å². The Hall–Kier alpha value is -2.09. The molecule has 0 N–H and O–H groups in total. The standard InChI is InChI=1S/C16H13NO/c1-10-5-4-8-13-14(10)11-6-2-3-7-12(11)15-16(13)18-9-17-15/h2-4,6-10H,5H2,1H3. The molecule has 1 aliphatic carbocycles. The highest BCUT2D eigenvalue weighted by Gasteiger charge is 2.21. The van der Waals surface area contributed by atoms with Crippen LogP contribution >= 0.6 is 0 Å². The Morgan fingerprint density at radius 3 is 2.94 bits per heavy atom. The minimum atomic E-state index is 0.532. The number of rotatable bonds is 0. The Kier molecular flexibility index (Phi) is 1.90. The number of oxazole rings is 1. The largest absolute Gasteiger partial charge is 0.443 e. The molecular formula is C16H13NO. The van der Waals surface area contributed by atoms with Crippen LogP contribution in [0.5, 0.6) is 0 Å². The van der Waals surface area contributed by atoms with Crippen molar-refractivity contribution < 1.29 is 4.42 Å². The van der Waals surface area contributed by atoms with Crippen LogP contribution in [-0.4, -0.2) is 4.98 Å². The quantitative estimate of drug-likeness (QED) is 0.573. The SMILES string of the molecule is CC1CC=Cc2c1c1ccccc1c1ncoc21. The lowest BCUT2D eigenvalue weighted by Gasteiger charge is -2.20. The van der Waals surface area contributed by atoms with Gasteiger partial charge in [0, 0.05) is 10.9 Å². The van der Waals surface area contributed by atoms with Crippen LogP contribution in [0.25, 0.3) is 27.9 Å². The summed E-state index contributed by atoms with van der Waals surface area (Å²) >= 11 is 0. The summed E-state index contributed by atoms with van der Waals surface area (Å²) in [6, 6.07) is 8.48. The highest BCUT2D eigenvalue weighted by Crippen LogP contribution is 2.40. The molecule has 3 aromatic rings. The Balaban J connectivity index is 2.32. The van der Waals surface area contributed by atoms with Gasteiger partial charge in [0.15, 0.2) is 12.0 Å². The number of fused-ring (bicyclic) bond motifs is 6. The number of hydrogen-bond donors (Lipinski definition) is 0. The van der Waals surface area contributed by atoms with Crippen LogP contribution in [0.3, 0.4) is 0 Å². The second-order valence-electron chi connectivity index (χ2n) is 4.94. The van der Waals surface area contributed by atoms with E-state index in [-0.39, 0.29) is 0 Å². The average Bonchev–Trinajstić information content (AvgIpc) is 2.88. The molecule has 0 spiro atoms. The van der Waals surface area contributed by atoms with Crippen LogP contribution < -0.4 is 0 Å². The maximum atomic E-state index is 5.61. The van der Waals surface area contributed by atoms with Crippen LogP contribution in [0.2, 0.25) is 0 Å². The van der Waals surface area contributed by atoms with Gasteiger partial charge in [-0.25, -0.2) is 4.98 Å². The number of nitrogens with zero attached hydrogens (tertiary/aromatic N) is 1. The maximum Gasteiger partial charge on any atom is 0.182 e. The molecule has 0 aliphatic heterocycles. The van der Waals surface area contributed by atoms with Crippen LogP contribution in [-0.2, 0) is 0 Å². The normalized spacial score (nSPS) is 18.4. The Bertz CT molecular complexity index is 782. The summed E-state index contributed by atoms with van der Waals surface area (Å²) in [5.41, 5.74) is 4.51. The van der Waals surface area contributed by atoms with Crippen molar-refractivity contribution in [3.8, 4) is 0 Å². The van der Waals surface area contributed by atoms with Crippen LogP contribution in [0.1, 0.15) is 30.4 Å². The predicted octanol–water partition coefficient (Wildman–Crippen LogP) is 4.50. The van der Waals surface area contributed by atoms with Gasteiger partial charge in [0.05, 0.1) is 0 Å². The zero-order valence-electron chi connectivity index (χ0n) is 10.2. The Labute approximate surface area is 105 Å². The lowest BCUT2D eigenvalue weighted by atomic mass is 9.84. The predicted molar refractivity (Wildman–Crippen MR) is 73.6 cm³/mol. The fourth-order valence-corrected chi connectivity index (χ4v) is 3.03. The fourth-order valence-electron chi connectivity index (χ4n) is 3.03. The van der Waals surface area contributed by atoms with Crippen molar-refractivity contribution in [2.24, 2.45) is 0 Å². The first-order valence-corrected chi connectivity index (χ1v) is 6.30. The van der Waals surface area contributed by atoms with Gasteiger partial charge in [0.1, 0.15) is 5.52 Å². The van der Waals surface area contributed by atoms with E-state index in [0.717, 1.165) is 17.5 Å². The van der Waals surface area contributed by atoms with E-state index in [1.54, 1.807) is 6.39 Å². The van der Waals surface area contributed by atoms with Crippen LogP contribution in [0.4, 0.5) is 0 Å². The van der Waals surface area contributed by atoms with Gasteiger partial charge in [0.25, 0.3) is 0 Å². The van der Waals surface area contributed by atoms with Gasteiger partial charge in [-0.3, -0.25) is 0 Å². The molecular weight excluding hydrogens is 222 g/mol. The molecule has 88 valence electrons. The summed E-state index contributed by atoms with van der Waals surface area (Å²) < 4.78 is 5.61. The molecule has 0 amide bonds. The van der Waals surface area contributed by atoms with E-state index in [4.69, 9.17) is 4.42 Å². The first-order chi connectivity index (χ1) is 8.86. The average molecular weight is 235 g/mol. The van der Waals surface area contributed by atoms with E-state index >= 15 is 0 Å². The lowest BCUT2D eigenvalue weighted by Crippen LogP contribution is -2.01. The molecule has 0 fully saturated rings. The summed E-state index contributed by atoms with van der Waals surface area (Å²) in [5.74, 6) is 0.532. The van der Waals surface area contributed by atoms with E-state index in [0.29, 0.717) is 5.92 Å². The Morgan fingerprint density at radius 1 is 1.22 bits per heavy atom. The van der Waals surface area contributed by atoms with Gasteiger partial charge >= 0.3 is 0 Å². The molecule has 1 atom stereocenters. The van der Waals surface area contributed by atoms with Crippen molar-refractivity contribution in [3.63, 3.8) is 0 Å². The summed E-state index contributed by atoms with van der Waals surface area (Å²) in [6.07, 6.45) is 7.04. The number of hydrogen-bond acceptors (Lipinski definition) is 2. The van der Waals surface area contributed by atoms with Crippen molar-refractivity contribution >= 4 is 27.9 Å².